The Balaban J connectivity index is 2.14. The van der Waals surface area contributed by atoms with Gasteiger partial charge in [-0.15, -0.1) is 0 Å². The van der Waals surface area contributed by atoms with E-state index in [-0.39, 0.29) is 0 Å². The SMILES string of the molecule is CN/C=C(\C=N)Nc1ncc(Cl)c(NCc2ccccc2SN(C)C)n1. The van der Waals surface area contributed by atoms with Gasteiger partial charge in [-0.05, 0) is 37.7 Å². The summed E-state index contributed by atoms with van der Waals surface area (Å²) in [7, 11) is 5.77. The van der Waals surface area contributed by atoms with E-state index in [1.54, 1.807) is 25.2 Å². The number of nitrogens with zero attached hydrogens (tertiary/aromatic N) is 3. The Morgan fingerprint density at radius 2 is 2.12 bits per heavy atom. The van der Waals surface area contributed by atoms with Gasteiger partial charge in [0, 0.05) is 30.9 Å². The summed E-state index contributed by atoms with van der Waals surface area (Å²) < 4.78 is 2.05. The van der Waals surface area contributed by atoms with Crippen molar-refractivity contribution in [2.24, 2.45) is 0 Å². The van der Waals surface area contributed by atoms with E-state index >= 15 is 0 Å². The van der Waals surface area contributed by atoms with Crippen LogP contribution in [0.4, 0.5) is 11.8 Å². The summed E-state index contributed by atoms with van der Waals surface area (Å²) in [6.07, 6.45) is 4.35. The van der Waals surface area contributed by atoms with Gasteiger partial charge in [-0.1, -0.05) is 29.8 Å². The summed E-state index contributed by atoms with van der Waals surface area (Å²) in [5.41, 5.74) is 1.68. The summed E-state index contributed by atoms with van der Waals surface area (Å²) in [6.45, 7) is 0.580. The number of hydrogen-bond donors (Lipinski definition) is 4. The molecule has 1 heterocycles. The van der Waals surface area contributed by atoms with Gasteiger partial charge in [-0.3, -0.25) is 4.31 Å². The van der Waals surface area contributed by atoms with Crippen molar-refractivity contribution in [3.63, 3.8) is 0 Å². The summed E-state index contributed by atoms with van der Waals surface area (Å²) >= 11 is 7.88. The quantitative estimate of drug-likeness (QED) is 0.384. The topological polar surface area (TPSA) is 89.0 Å². The second-order valence-electron chi connectivity index (χ2n) is 5.41. The minimum absolute atomic E-state index is 0.359. The third-order valence-electron chi connectivity index (χ3n) is 3.16. The molecular formula is C17H22ClN7S. The van der Waals surface area contributed by atoms with Crippen molar-refractivity contribution < 1.29 is 0 Å². The molecule has 0 spiro atoms. The molecule has 0 saturated heterocycles. The molecule has 0 atom stereocenters. The van der Waals surface area contributed by atoms with Gasteiger partial charge in [0.15, 0.2) is 5.82 Å². The fourth-order valence-corrected chi connectivity index (χ4v) is 3.01. The van der Waals surface area contributed by atoms with Crippen LogP contribution in [-0.4, -0.2) is 41.6 Å². The molecule has 0 unspecified atom stereocenters. The number of rotatable bonds is 9. The molecule has 2 rings (SSSR count). The molecule has 26 heavy (non-hydrogen) atoms. The van der Waals surface area contributed by atoms with Crippen molar-refractivity contribution >= 4 is 41.5 Å². The summed E-state index contributed by atoms with van der Waals surface area (Å²) in [5.74, 6) is 0.889. The van der Waals surface area contributed by atoms with Crippen LogP contribution in [0.1, 0.15) is 5.56 Å². The summed E-state index contributed by atoms with van der Waals surface area (Å²) in [5, 5.41) is 16.9. The highest BCUT2D eigenvalue weighted by Gasteiger charge is 2.09. The molecular weight excluding hydrogens is 370 g/mol. The zero-order valence-electron chi connectivity index (χ0n) is 14.9. The monoisotopic (exact) mass is 391 g/mol. The highest BCUT2D eigenvalue weighted by molar-refractivity contribution is 7.97. The number of hydrogen-bond acceptors (Lipinski definition) is 8. The predicted molar refractivity (Wildman–Crippen MR) is 110 cm³/mol. The maximum atomic E-state index is 7.38. The van der Waals surface area contributed by atoms with Crippen LogP contribution in [0, 0.1) is 5.41 Å². The second kappa shape index (κ2) is 10.0. The average Bonchev–Trinajstić information content (AvgIpc) is 2.62. The first kappa shape index (κ1) is 20.0. The number of allylic oxidation sites excluding steroid dienone is 1. The first-order valence-corrected chi connectivity index (χ1v) is 9.03. The zero-order valence-corrected chi connectivity index (χ0v) is 16.4. The van der Waals surface area contributed by atoms with E-state index in [4.69, 9.17) is 17.0 Å². The van der Waals surface area contributed by atoms with Gasteiger partial charge in [0.05, 0.1) is 11.9 Å². The summed E-state index contributed by atoms with van der Waals surface area (Å²) in [4.78, 5) is 9.70. The molecule has 0 saturated carbocycles. The lowest BCUT2D eigenvalue weighted by Gasteiger charge is -2.14. The van der Waals surface area contributed by atoms with Gasteiger partial charge in [0.1, 0.15) is 5.02 Å². The van der Waals surface area contributed by atoms with E-state index in [9.17, 15) is 0 Å². The number of benzene rings is 1. The molecule has 0 aliphatic carbocycles. The van der Waals surface area contributed by atoms with E-state index in [1.807, 2.05) is 30.5 Å². The number of halogens is 1. The Morgan fingerprint density at radius 3 is 2.81 bits per heavy atom. The highest BCUT2D eigenvalue weighted by atomic mass is 35.5. The third-order valence-corrected chi connectivity index (χ3v) is 4.39. The average molecular weight is 392 g/mol. The lowest BCUT2D eigenvalue weighted by atomic mass is 10.2. The molecule has 0 bridgehead atoms. The number of aromatic nitrogens is 2. The first-order valence-electron chi connectivity index (χ1n) is 7.88. The predicted octanol–water partition coefficient (Wildman–Crippen LogP) is 3.43. The minimum atomic E-state index is 0.359. The lowest BCUT2D eigenvalue weighted by molar-refractivity contribution is 0.701. The molecule has 4 N–H and O–H groups in total. The Labute approximate surface area is 162 Å². The fourth-order valence-electron chi connectivity index (χ4n) is 2.06. The van der Waals surface area contributed by atoms with Crippen LogP contribution in [-0.2, 0) is 6.54 Å². The van der Waals surface area contributed by atoms with Gasteiger partial charge in [-0.25, -0.2) is 4.98 Å². The van der Waals surface area contributed by atoms with Gasteiger partial charge >= 0.3 is 0 Å². The molecule has 1 aromatic heterocycles. The molecule has 138 valence electrons. The minimum Gasteiger partial charge on any atom is -0.392 e. The zero-order chi connectivity index (χ0) is 18.9. The van der Waals surface area contributed by atoms with Crippen LogP contribution in [0.25, 0.3) is 0 Å². The second-order valence-corrected chi connectivity index (χ2v) is 7.17. The van der Waals surface area contributed by atoms with Crippen molar-refractivity contribution in [3.8, 4) is 0 Å². The van der Waals surface area contributed by atoms with Crippen LogP contribution in [0.2, 0.25) is 5.02 Å². The molecule has 2 aromatic rings. The molecule has 1 aromatic carbocycles. The van der Waals surface area contributed by atoms with Crippen molar-refractivity contribution in [2.75, 3.05) is 31.8 Å². The Morgan fingerprint density at radius 1 is 1.35 bits per heavy atom. The molecule has 0 aliphatic heterocycles. The smallest absolute Gasteiger partial charge is 0.229 e. The van der Waals surface area contributed by atoms with Crippen molar-refractivity contribution in [1.29, 1.82) is 5.41 Å². The largest absolute Gasteiger partial charge is 0.392 e. The lowest BCUT2D eigenvalue weighted by Crippen LogP contribution is -2.10. The van der Waals surface area contributed by atoms with Crippen molar-refractivity contribution in [3.05, 3.63) is 52.9 Å². The Bertz CT molecular complexity index is 779. The normalized spacial score (nSPS) is 11.3. The van der Waals surface area contributed by atoms with Crippen LogP contribution in [0.15, 0.2) is 47.3 Å². The fraction of sp³-hybridized carbons (Fsp3) is 0.235. The maximum absolute atomic E-state index is 7.38. The van der Waals surface area contributed by atoms with Gasteiger partial charge in [-0.2, -0.15) is 4.98 Å². The van der Waals surface area contributed by atoms with Crippen LogP contribution in [0.3, 0.4) is 0 Å². The number of anilines is 2. The van der Waals surface area contributed by atoms with E-state index in [1.165, 1.54) is 12.4 Å². The molecule has 7 nitrogen and oxygen atoms in total. The van der Waals surface area contributed by atoms with E-state index < -0.39 is 0 Å². The first-order chi connectivity index (χ1) is 12.5. The molecule has 0 amide bonds. The molecule has 9 heteroatoms. The van der Waals surface area contributed by atoms with Crippen LogP contribution in [0.5, 0.6) is 0 Å². The highest BCUT2D eigenvalue weighted by Crippen LogP contribution is 2.26. The number of nitrogens with one attached hydrogen (secondary N) is 4. The Kier molecular flexibility index (Phi) is 7.71. The van der Waals surface area contributed by atoms with Gasteiger partial charge in [0.2, 0.25) is 5.95 Å². The molecule has 0 fully saturated rings. The van der Waals surface area contributed by atoms with E-state index in [0.29, 0.717) is 29.0 Å². The molecule has 0 radical (unpaired) electrons. The van der Waals surface area contributed by atoms with Crippen molar-refractivity contribution in [1.82, 2.24) is 19.6 Å². The van der Waals surface area contributed by atoms with Crippen LogP contribution < -0.4 is 16.0 Å². The Hall–Kier alpha value is -2.29. The van der Waals surface area contributed by atoms with Crippen LogP contribution >= 0.6 is 23.5 Å². The third kappa shape index (κ3) is 5.91. The summed E-state index contributed by atoms with van der Waals surface area (Å²) in [6, 6.07) is 8.16. The standard InChI is InChI=1S/C17H22ClN7S/c1-20-10-13(8-19)23-17-22-11-14(18)16(24-17)21-9-12-6-4-5-7-15(12)26-25(2)3/h4-8,10-11,19-20H,9H2,1-3H3,(H2,21,22,23,24)/b13-10+,19-8?. The van der Waals surface area contributed by atoms with Crippen molar-refractivity contribution in [2.45, 2.75) is 11.4 Å². The van der Waals surface area contributed by atoms with E-state index in [0.717, 1.165) is 10.5 Å². The van der Waals surface area contributed by atoms with E-state index in [2.05, 4.69) is 38.1 Å². The maximum Gasteiger partial charge on any atom is 0.229 e. The molecule has 0 aliphatic rings. The van der Waals surface area contributed by atoms with Gasteiger partial charge in [0.25, 0.3) is 0 Å². The van der Waals surface area contributed by atoms with Gasteiger partial charge < -0.3 is 21.4 Å².